The summed E-state index contributed by atoms with van der Waals surface area (Å²) in [6, 6.07) is 6.37. The van der Waals surface area contributed by atoms with Crippen molar-refractivity contribution in [2.75, 3.05) is 6.61 Å². The Morgan fingerprint density at radius 3 is 2.73 bits per heavy atom. The van der Waals surface area contributed by atoms with E-state index in [1.165, 1.54) is 6.07 Å². The van der Waals surface area contributed by atoms with Gasteiger partial charge in [-0.3, -0.25) is 0 Å². The number of unbranched alkanes of at least 4 members (excludes halogenated alkanes) is 1. The average molecular weight is 234 g/mol. The average Bonchev–Trinajstić information content (AvgIpc) is 2.18. The molecule has 0 saturated carbocycles. The van der Waals surface area contributed by atoms with E-state index in [0.29, 0.717) is 6.61 Å². The van der Waals surface area contributed by atoms with Gasteiger partial charge in [0.25, 0.3) is 0 Å². The molecule has 0 heterocycles. The van der Waals surface area contributed by atoms with E-state index in [-0.39, 0.29) is 64.1 Å². The van der Waals surface area contributed by atoms with Gasteiger partial charge in [0.2, 0.25) is 0 Å². The summed E-state index contributed by atoms with van der Waals surface area (Å²) < 4.78 is 4.95. The van der Waals surface area contributed by atoms with E-state index in [1.807, 2.05) is 6.92 Å². The molecule has 0 spiro atoms. The van der Waals surface area contributed by atoms with Crippen LogP contribution in [0.5, 0.6) is 5.75 Å². The van der Waals surface area contributed by atoms with E-state index >= 15 is 0 Å². The molecule has 0 aliphatic heterocycles. The van der Waals surface area contributed by atoms with Gasteiger partial charge in [-0.15, -0.1) is 0 Å². The first-order chi connectivity index (χ1) is 6.75. The maximum atomic E-state index is 11.4. The fourth-order valence-corrected chi connectivity index (χ4v) is 1.03. The fourth-order valence-electron chi connectivity index (χ4n) is 1.03. The number of carbonyl (C=O) groups is 1. The number of esters is 1. The maximum absolute atomic E-state index is 11.4. The van der Waals surface area contributed by atoms with E-state index in [0.717, 1.165) is 12.8 Å². The van der Waals surface area contributed by atoms with Crippen molar-refractivity contribution >= 4 is 5.97 Å². The summed E-state index contributed by atoms with van der Waals surface area (Å²) in [5, 5.41) is 9.34. The van der Waals surface area contributed by atoms with Crippen molar-refractivity contribution in [1.29, 1.82) is 0 Å². The second-order valence-electron chi connectivity index (χ2n) is 3.01. The molecule has 0 aliphatic rings. The Morgan fingerprint density at radius 2 is 2.13 bits per heavy atom. The number of phenolic OH excluding ortho intramolecular Hbond substituents is 1. The summed E-state index contributed by atoms with van der Waals surface area (Å²) in [7, 11) is 0. The van der Waals surface area contributed by atoms with Crippen molar-refractivity contribution in [1.82, 2.24) is 0 Å². The van der Waals surface area contributed by atoms with Gasteiger partial charge < -0.3 is 11.3 Å². The van der Waals surface area contributed by atoms with Crippen molar-refractivity contribution in [3.8, 4) is 5.75 Å². The van der Waals surface area contributed by atoms with E-state index < -0.39 is 5.97 Å². The van der Waals surface area contributed by atoms with Gasteiger partial charge in [-0.1, -0.05) is 25.5 Å². The molecule has 0 unspecified atom stereocenters. The zero-order chi connectivity index (χ0) is 10.4. The molecule has 15 heavy (non-hydrogen) atoms. The Bertz CT molecular complexity index is 318. The molecule has 0 saturated heterocycles. The number of carbonyl (C=O) groups excluding carboxylic acids is 1. The fraction of sp³-hybridized carbons (Fsp3) is 0.364. The Hall–Kier alpha value is 0.126. The van der Waals surface area contributed by atoms with Gasteiger partial charge in [-0.2, -0.15) is 0 Å². The van der Waals surface area contributed by atoms with Gasteiger partial charge in [-0.25, -0.2) is 4.79 Å². The molecular formula is C11H15KO3. The Morgan fingerprint density at radius 1 is 1.47 bits per heavy atom. The molecule has 0 radical (unpaired) electrons. The normalized spacial score (nSPS) is 9.13. The SMILES string of the molecule is CCCCOC(=O)c1ccccc1O.[H-].[K+]. The van der Waals surface area contributed by atoms with Gasteiger partial charge in [-0.05, 0) is 18.6 Å². The molecule has 0 aliphatic carbocycles. The quantitative estimate of drug-likeness (QED) is 0.433. The first kappa shape index (κ1) is 15.1. The third-order valence-electron chi connectivity index (χ3n) is 1.86. The van der Waals surface area contributed by atoms with Crippen molar-refractivity contribution in [3.63, 3.8) is 0 Å². The Kier molecular flexibility index (Phi) is 8.37. The molecule has 1 aromatic rings. The molecular weight excluding hydrogens is 219 g/mol. The van der Waals surface area contributed by atoms with Gasteiger partial charge in [0.05, 0.1) is 6.61 Å². The van der Waals surface area contributed by atoms with Crippen molar-refractivity contribution < 1.29 is 67.4 Å². The largest absolute Gasteiger partial charge is 1.00 e. The molecule has 0 amide bonds. The topological polar surface area (TPSA) is 46.5 Å². The second-order valence-corrected chi connectivity index (χ2v) is 3.01. The van der Waals surface area contributed by atoms with Crippen LogP contribution >= 0.6 is 0 Å². The first-order valence-electron chi connectivity index (χ1n) is 4.70. The molecule has 4 heteroatoms. The predicted octanol–water partition coefficient (Wildman–Crippen LogP) is -0.534. The number of rotatable bonds is 4. The number of para-hydroxylation sites is 1. The summed E-state index contributed by atoms with van der Waals surface area (Å²) in [6.07, 6.45) is 1.83. The van der Waals surface area contributed by atoms with Crippen LogP contribution in [-0.2, 0) is 4.74 Å². The zero-order valence-electron chi connectivity index (χ0n) is 10.2. The number of hydrogen-bond donors (Lipinski definition) is 1. The summed E-state index contributed by atoms with van der Waals surface area (Å²) in [5.74, 6) is -0.495. The minimum Gasteiger partial charge on any atom is -1.00 e. The number of aromatic hydroxyl groups is 1. The molecule has 3 nitrogen and oxygen atoms in total. The third-order valence-corrected chi connectivity index (χ3v) is 1.86. The van der Waals surface area contributed by atoms with E-state index in [9.17, 15) is 9.90 Å². The molecule has 78 valence electrons. The van der Waals surface area contributed by atoms with Crippen LogP contribution in [0.4, 0.5) is 0 Å². The van der Waals surface area contributed by atoms with Crippen LogP contribution < -0.4 is 51.4 Å². The van der Waals surface area contributed by atoms with Gasteiger partial charge in [0.1, 0.15) is 11.3 Å². The number of hydrogen-bond acceptors (Lipinski definition) is 3. The van der Waals surface area contributed by atoms with Crippen molar-refractivity contribution in [2.45, 2.75) is 19.8 Å². The molecule has 0 atom stereocenters. The maximum Gasteiger partial charge on any atom is 1.00 e. The minimum absolute atomic E-state index is 0. The van der Waals surface area contributed by atoms with Gasteiger partial charge in [0.15, 0.2) is 0 Å². The van der Waals surface area contributed by atoms with Crippen LogP contribution in [0.25, 0.3) is 0 Å². The Labute approximate surface area is 134 Å². The molecule has 1 aromatic carbocycles. The number of benzene rings is 1. The van der Waals surface area contributed by atoms with Crippen molar-refractivity contribution in [3.05, 3.63) is 29.8 Å². The molecule has 0 bridgehead atoms. The van der Waals surface area contributed by atoms with Crippen LogP contribution in [0.3, 0.4) is 0 Å². The second kappa shape index (κ2) is 8.30. The molecule has 0 fully saturated rings. The number of phenols is 1. The molecule has 1 N–H and O–H groups in total. The van der Waals surface area contributed by atoms with Gasteiger partial charge >= 0.3 is 57.4 Å². The summed E-state index contributed by atoms with van der Waals surface area (Å²) in [6.45, 7) is 2.43. The van der Waals surface area contributed by atoms with Crippen LogP contribution in [-0.4, -0.2) is 17.7 Å². The van der Waals surface area contributed by atoms with Crippen LogP contribution in [0.1, 0.15) is 31.6 Å². The smallest absolute Gasteiger partial charge is 1.00 e. The number of ether oxygens (including phenoxy) is 1. The summed E-state index contributed by atoms with van der Waals surface area (Å²) in [5.41, 5.74) is 0.226. The van der Waals surface area contributed by atoms with Crippen molar-refractivity contribution in [2.24, 2.45) is 0 Å². The van der Waals surface area contributed by atoms with Crippen LogP contribution in [0.15, 0.2) is 24.3 Å². The molecule has 0 aromatic heterocycles. The van der Waals surface area contributed by atoms with E-state index in [4.69, 9.17) is 4.74 Å². The summed E-state index contributed by atoms with van der Waals surface area (Å²) in [4.78, 5) is 11.4. The van der Waals surface area contributed by atoms with E-state index in [1.54, 1.807) is 18.2 Å². The predicted molar refractivity (Wildman–Crippen MR) is 54.4 cm³/mol. The standard InChI is InChI=1S/C11H14O3.K.H/c1-2-3-8-14-11(13)9-6-4-5-7-10(9)12;;/h4-7,12H,2-3,8H2,1H3;;/q;+1;-1. The summed E-state index contributed by atoms with van der Waals surface area (Å²) >= 11 is 0. The van der Waals surface area contributed by atoms with E-state index in [2.05, 4.69) is 0 Å². The van der Waals surface area contributed by atoms with Crippen LogP contribution in [0, 0.1) is 0 Å². The minimum atomic E-state index is -0.462. The zero-order valence-corrected chi connectivity index (χ0v) is 12.3. The first-order valence-corrected chi connectivity index (χ1v) is 4.70. The van der Waals surface area contributed by atoms with Crippen LogP contribution in [0.2, 0.25) is 0 Å². The molecule has 1 rings (SSSR count). The van der Waals surface area contributed by atoms with Gasteiger partial charge in [0, 0.05) is 0 Å². The Balaban J connectivity index is 0. The monoisotopic (exact) mass is 234 g/mol. The third kappa shape index (κ3) is 5.13.